The maximum Gasteiger partial charge on any atom is 0.344 e. The van der Waals surface area contributed by atoms with Crippen molar-refractivity contribution in [1.82, 2.24) is 0 Å². The standard InChI is InChI=1S/C28H18ClN3O6/c1-37-25-12-9-17(13-19(16-30)27(33)31-24-15-20(32(35)36)10-11-23(24)29)14-26(25)38-28(34)22-8-4-6-18-5-2-3-7-21(18)22/h2-15H,1H3,(H,31,33)/b19-13+. The van der Waals surface area contributed by atoms with Gasteiger partial charge in [0.15, 0.2) is 11.5 Å². The second-order valence-electron chi connectivity index (χ2n) is 7.87. The summed E-state index contributed by atoms with van der Waals surface area (Å²) in [5.41, 5.74) is 0.107. The van der Waals surface area contributed by atoms with Crippen LogP contribution < -0.4 is 14.8 Å². The summed E-state index contributed by atoms with van der Waals surface area (Å²) >= 11 is 6.04. The fraction of sp³-hybridized carbons (Fsp3) is 0.0357. The lowest BCUT2D eigenvalue weighted by atomic mass is 10.0. The molecule has 0 fully saturated rings. The van der Waals surface area contributed by atoms with Crippen LogP contribution >= 0.6 is 11.6 Å². The minimum absolute atomic E-state index is 0.0218. The van der Waals surface area contributed by atoms with Gasteiger partial charge in [-0.05, 0) is 46.7 Å². The molecule has 0 saturated heterocycles. The number of esters is 1. The number of carbonyl (C=O) groups excluding carboxylic acids is 2. The Balaban J connectivity index is 1.62. The number of benzene rings is 4. The van der Waals surface area contributed by atoms with E-state index in [9.17, 15) is 25.0 Å². The summed E-state index contributed by atoms with van der Waals surface area (Å²) < 4.78 is 11.0. The Morgan fingerprint density at radius 2 is 1.79 bits per heavy atom. The monoisotopic (exact) mass is 527 g/mol. The van der Waals surface area contributed by atoms with Crippen LogP contribution in [0.25, 0.3) is 16.8 Å². The minimum Gasteiger partial charge on any atom is -0.493 e. The summed E-state index contributed by atoms with van der Waals surface area (Å²) in [7, 11) is 1.41. The Morgan fingerprint density at radius 3 is 2.53 bits per heavy atom. The van der Waals surface area contributed by atoms with Crippen molar-refractivity contribution >= 4 is 51.7 Å². The van der Waals surface area contributed by atoms with E-state index >= 15 is 0 Å². The van der Waals surface area contributed by atoms with Gasteiger partial charge in [-0.25, -0.2) is 4.79 Å². The van der Waals surface area contributed by atoms with Gasteiger partial charge in [-0.3, -0.25) is 14.9 Å². The van der Waals surface area contributed by atoms with Crippen molar-refractivity contribution in [2.45, 2.75) is 0 Å². The van der Waals surface area contributed by atoms with Crippen LogP contribution in [0.15, 0.2) is 84.4 Å². The number of nitrogens with one attached hydrogen (secondary N) is 1. The molecule has 0 aliphatic heterocycles. The average Bonchev–Trinajstić information content (AvgIpc) is 2.92. The first-order valence-corrected chi connectivity index (χ1v) is 11.4. The molecule has 0 saturated carbocycles. The normalized spacial score (nSPS) is 10.9. The molecular formula is C28H18ClN3O6. The quantitative estimate of drug-likeness (QED) is 0.0758. The predicted octanol–water partition coefficient (Wildman–Crippen LogP) is 6.17. The van der Waals surface area contributed by atoms with E-state index in [2.05, 4.69) is 5.32 Å². The maximum atomic E-state index is 13.0. The maximum absolute atomic E-state index is 13.0. The van der Waals surface area contributed by atoms with E-state index < -0.39 is 16.8 Å². The van der Waals surface area contributed by atoms with Crippen molar-refractivity contribution in [2.75, 3.05) is 12.4 Å². The van der Waals surface area contributed by atoms with Crippen LogP contribution in [0.5, 0.6) is 11.5 Å². The Morgan fingerprint density at radius 1 is 1.03 bits per heavy atom. The van der Waals surface area contributed by atoms with Gasteiger partial charge in [-0.1, -0.05) is 54.1 Å². The van der Waals surface area contributed by atoms with Gasteiger partial charge in [0.1, 0.15) is 11.6 Å². The third kappa shape index (κ3) is 5.61. The number of hydrogen-bond acceptors (Lipinski definition) is 7. The minimum atomic E-state index is -0.833. The number of rotatable bonds is 7. The summed E-state index contributed by atoms with van der Waals surface area (Å²) in [6.07, 6.45) is 1.27. The molecule has 188 valence electrons. The van der Waals surface area contributed by atoms with E-state index in [4.69, 9.17) is 21.1 Å². The van der Waals surface area contributed by atoms with Crippen LogP contribution in [0, 0.1) is 21.4 Å². The molecule has 0 bridgehead atoms. The zero-order valence-electron chi connectivity index (χ0n) is 19.8. The van der Waals surface area contributed by atoms with E-state index in [1.165, 1.54) is 37.5 Å². The van der Waals surface area contributed by atoms with Gasteiger partial charge in [0.25, 0.3) is 11.6 Å². The lowest BCUT2D eigenvalue weighted by Crippen LogP contribution is -2.14. The Bertz CT molecular complexity index is 1650. The third-order valence-electron chi connectivity index (χ3n) is 5.48. The number of nitro benzene ring substituents is 1. The predicted molar refractivity (Wildman–Crippen MR) is 142 cm³/mol. The third-order valence-corrected chi connectivity index (χ3v) is 5.81. The molecule has 0 aromatic heterocycles. The Hall–Kier alpha value is -5.20. The molecule has 0 aliphatic rings. The Kier molecular flexibility index (Phi) is 7.66. The average molecular weight is 528 g/mol. The van der Waals surface area contributed by atoms with Gasteiger partial charge in [0.2, 0.25) is 0 Å². The molecule has 9 nitrogen and oxygen atoms in total. The van der Waals surface area contributed by atoms with Crippen molar-refractivity contribution in [1.29, 1.82) is 5.26 Å². The molecule has 0 heterocycles. The molecule has 10 heteroatoms. The van der Waals surface area contributed by atoms with Crippen molar-refractivity contribution in [2.24, 2.45) is 0 Å². The summed E-state index contributed by atoms with van der Waals surface area (Å²) in [6.45, 7) is 0. The first-order valence-electron chi connectivity index (χ1n) is 11.1. The molecule has 4 aromatic rings. The van der Waals surface area contributed by atoms with Crippen molar-refractivity contribution in [3.63, 3.8) is 0 Å². The summed E-state index contributed by atoms with van der Waals surface area (Å²) in [6, 6.07) is 22.6. The highest BCUT2D eigenvalue weighted by atomic mass is 35.5. The summed E-state index contributed by atoms with van der Waals surface area (Å²) in [4.78, 5) is 36.2. The number of anilines is 1. The molecule has 0 spiro atoms. The number of nitrogens with zero attached hydrogens (tertiary/aromatic N) is 2. The number of fused-ring (bicyclic) bond motifs is 1. The number of nitro groups is 1. The van der Waals surface area contributed by atoms with E-state index in [-0.39, 0.29) is 33.5 Å². The van der Waals surface area contributed by atoms with Gasteiger partial charge in [-0.15, -0.1) is 0 Å². The fourth-order valence-electron chi connectivity index (χ4n) is 3.65. The van der Waals surface area contributed by atoms with E-state index in [0.717, 1.165) is 16.8 Å². The molecule has 0 unspecified atom stereocenters. The van der Waals surface area contributed by atoms with E-state index in [1.807, 2.05) is 30.3 Å². The van der Waals surface area contributed by atoms with Crippen molar-refractivity contribution in [3.8, 4) is 17.6 Å². The van der Waals surface area contributed by atoms with Gasteiger partial charge >= 0.3 is 5.97 Å². The number of ether oxygens (including phenoxy) is 2. The summed E-state index contributed by atoms with van der Waals surface area (Å²) in [5, 5.41) is 24.7. The zero-order valence-corrected chi connectivity index (χ0v) is 20.6. The number of hydrogen-bond donors (Lipinski definition) is 1. The lowest BCUT2D eigenvalue weighted by molar-refractivity contribution is -0.384. The second kappa shape index (κ2) is 11.2. The molecular weight excluding hydrogens is 510 g/mol. The molecule has 4 rings (SSSR count). The SMILES string of the molecule is COc1ccc(/C=C(\C#N)C(=O)Nc2cc([N+](=O)[O-])ccc2Cl)cc1OC(=O)c1cccc2ccccc12. The van der Waals surface area contributed by atoms with Gasteiger partial charge in [-0.2, -0.15) is 5.26 Å². The van der Waals surface area contributed by atoms with Crippen LogP contribution in [0.4, 0.5) is 11.4 Å². The van der Waals surface area contributed by atoms with Crippen molar-refractivity contribution < 1.29 is 24.0 Å². The van der Waals surface area contributed by atoms with Gasteiger partial charge in [0.05, 0.1) is 28.3 Å². The van der Waals surface area contributed by atoms with E-state index in [0.29, 0.717) is 11.1 Å². The second-order valence-corrected chi connectivity index (χ2v) is 8.28. The molecule has 1 amide bonds. The highest BCUT2D eigenvalue weighted by Gasteiger charge is 2.18. The van der Waals surface area contributed by atoms with Gasteiger partial charge in [0, 0.05) is 12.1 Å². The molecule has 0 aliphatic carbocycles. The lowest BCUT2D eigenvalue weighted by Gasteiger charge is -2.12. The smallest absolute Gasteiger partial charge is 0.344 e. The number of amides is 1. The number of halogens is 1. The molecule has 0 radical (unpaired) electrons. The Labute approximate surface area is 221 Å². The van der Waals surface area contributed by atoms with Gasteiger partial charge < -0.3 is 14.8 Å². The van der Waals surface area contributed by atoms with Crippen LogP contribution in [0.3, 0.4) is 0 Å². The number of nitriles is 1. The number of carbonyl (C=O) groups is 2. The van der Waals surface area contributed by atoms with Crippen molar-refractivity contribution in [3.05, 3.63) is 111 Å². The highest BCUT2D eigenvalue weighted by molar-refractivity contribution is 6.34. The molecule has 1 N–H and O–H groups in total. The topological polar surface area (TPSA) is 132 Å². The first kappa shape index (κ1) is 25.9. The highest BCUT2D eigenvalue weighted by Crippen LogP contribution is 2.31. The van der Waals surface area contributed by atoms with Crippen LogP contribution in [0.2, 0.25) is 5.02 Å². The number of non-ortho nitro benzene ring substituents is 1. The van der Waals surface area contributed by atoms with Crippen LogP contribution in [-0.2, 0) is 4.79 Å². The molecule has 0 atom stereocenters. The number of methoxy groups -OCH3 is 1. The molecule has 38 heavy (non-hydrogen) atoms. The largest absolute Gasteiger partial charge is 0.493 e. The molecule has 4 aromatic carbocycles. The zero-order chi connectivity index (χ0) is 27.2. The van der Waals surface area contributed by atoms with Crippen LogP contribution in [-0.4, -0.2) is 23.9 Å². The summed E-state index contributed by atoms with van der Waals surface area (Å²) in [5.74, 6) is -1.10. The van der Waals surface area contributed by atoms with Crippen LogP contribution in [0.1, 0.15) is 15.9 Å². The van der Waals surface area contributed by atoms with E-state index in [1.54, 1.807) is 24.3 Å². The first-order chi connectivity index (χ1) is 18.3. The fourth-order valence-corrected chi connectivity index (χ4v) is 3.81.